The molecule has 25 heavy (non-hydrogen) atoms. The number of rotatable bonds is 4. The lowest BCUT2D eigenvalue weighted by Crippen LogP contribution is -2.44. The Morgan fingerprint density at radius 1 is 1.08 bits per heavy atom. The molecule has 2 aromatic heterocycles. The van der Waals surface area contributed by atoms with Crippen molar-refractivity contribution >= 4 is 0 Å². The van der Waals surface area contributed by atoms with Gasteiger partial charge in [-0.3, -0.25) is 14.8 Å². The molecule has 0 amide bonds. The van der Waals surface area contributed by atoms with E-state index in [1.807, 2.05) is 12.4 Å². The molecule has 0 aliphatic carbocycles. The summed E-state index contributed by atoms with van der Waals surface area (Å²) in [6.45, 7) is 8.86. The molecule has 4 heterocycles. The van der Waals surface area contributed by atoms with Crippen LogP contribution in [0.15, 0.2) is 30.6 Å². The average Bonchev–Trinajstić information content (AvgIpc) is 3.15. The third-order valence-electron chi connectivity index (χ3n) is 5.88. The first-order valence-electron chi connectivity index (χ1n) is 9.45. The lowest BCUT2D eigenvalue weighted by Gasteiger charge is -2.40. The molecule has 0 aromatic carbocycles. The van der Waals surface area contributed by atoms with E-state index in [2.05, 4.69) is 51.5 Å². The van der Waals surface area contributed by atoms with E-state index in [-0.39, 0.29) is 0 Å². The summed E-state index contributed by atoms with van der Waals surface area (Å²) in [5.41, 5.74) is 2.79. The van der Waals surface area contributed by atoms with Crippen LogP contribution in [0.2, 0.25) is 0 Å². The number of aryl methyl sites for hydroxylation is 2. The summed E-state index contributed by atoms with van der Waals surface area (Å²) in [7, 11) is 2.09. The Kier molecular flexibility index (Phi) is 4.61. The number of likely N-dealkylation sites (tertiary alicyclic amines) is 2. The van der Waals surface area contributed by atoms with Gasteiger partial charge in [0.25, 0.3) is 0 Å². The molecule has 0 unspecified atom stereocenters. The fraction of sp³-hybridized carbons (Fsp3) is 0.600. The van der Waals surface area contributed by atoms with Crippen LogP contribution in [0.1, 0.15) is 36.5 Å². The summed E-state index contributed by atoms with van der Waals surface area (Å²) >= 11 is 0. The van der Waals surface area contributed by atoms with Crippen molar-refractivity contribution < 1.29 is 0 Å². The summed E-state index contributed by atoms with van der Waals surface area (Å²) in [4.78, 5) is 14.4. The number of hydrogen-bond donors (Lipinski definition) is 0. The Morgan fingerprint density at radius 3 is 2.68 bits per heavy atom. The number of aromatic nitrogens is 3. The summed E-state index contributed by atoms with van der Waals surface area (Å²) in [6.07, 6.45) is 7.93. The van der Waals surface area contributed by atoms with Crippen LogP contribution in [0.5, 0.6) is 0 Å². The first-order chi connectivity index (χ1) is 12.1. The highest BCUT2D eigenvalue weighted by Gasteiger charge is 2.41. The maximum atomic E-state index is 4.69. The van der Waals surface area contributed by atoms with Crippen molar-refractivity contribution in [2.45, 2.75) is 39.3 Å². The molecule has 2 aliphatic rings. The quantitative estimate of drug-likeness (QED) is 0.858. The highest BCUT2D eigenvalue weighted by molar-refractivity contribution is 5.10. The van der Waals surface area contributed by atoms with E-state index in [4.69, 9.17) is 4.98 Å². The van der Waals surface area contributed by atoms with Crippen molar-refractivity contribution in [3.05, 3.63) is 47.8 Å². The van der Waals surface area contributed by atoms with Gasteiger partial charge in [0.15, 0.2) is 0 Å². The van der Waals surface area contributed by atoms with Crippen molar-refractivity contribution in [2.75, 3.05) is 26.2 Å². The van der Waals surface area contributed by atoms with E-state index in [0.717, 1.165) is 18.8 Å². The van der Waals surface area contributed by atoms with E-state index in [1.165, 1.54) is 57.0 Å². The van der Waals surface area contributed by atoms with Crippen LogP contribution in [0.4, 0.5) is 0 Å². The molecule has 0 bridgehead atoms. The number of piperidine rings is 1. The number of imidazole rings is 1. The van der Waals surface area contributed by atoms with Gasteiger partial charge in [0, 0.05) is 44.8 Å². The summed E-state index contributed by atoms with van der Waals surface area (Å²) in [5, 5.41) is 0. The first-order valence-corrected chi connectivity index (χ1v) is 9.45. The van der Waals surface area contributed by atoms with E-state index < -0.39 is 0 Å². The fourth-order valence-electron chi connectivity index (χ4n) is 4.61. The van der Waals surface area contributed by atoms with Gasteiger partial charge in [-0.05, 0) is 56.8 Å². The Morgan fingerprint density at radius 2 is 1.92 bits per heavy atom. The minimum absolute atomic E-state index is 0.466. The highest BCUT2D eigenvalue weighted by atomic mass is 15.2. The molecule has 0 N–H and O–H groups in total. The van der Waals surface area contributed by atoms with Crippen LogP contribution in [0.25, 0.3) is 0 Å². The summed E-state index contributed by atoms with van der Waals surface area (Å²) < 4.78 is 2.14. The van der Waals surface area contributed by atoms with E-state index in [0.29, 0.717) is 5.41 Å². The second-order valence-electron chi connectivity index (χ2n) is 8.00. The van der Waals surface area contributed by atoms with Gasteiger partial charge in [-0.2, -0.15) is 0 Å². The van der Waals surface area contributed by atoms with Crippen LogP contribution in [-0.2, 0) is 20.1 Å². The zero-order valence-electron chi connectivity index (χ0n) is 15.5. The van der Waals surface area contributed by atoms with Crippen molar-refractivity contribution in [2.24, 2.45) is 12.5 Å². The molecule has 0 radical (unpaired) electrons. The van der Waals surface area contributed by atoms with Crippen LogP contribution in [-0.4, -0.2) is 50.5 Å². The first kappa shape index (κ1) is 16.7. The third-order valence-corrected chi connectivity index (χ3v) is 5.88. The Labute approximate surface area is 150 Å². The van der Waals surface area contributed by atoms with Gasteiger partial charge in [0.1, 0.15) is 5.82 Å². The number of pyridine rings is 1. The fourth-order valence-corrected chi connectivity index (χ4v) is 4.61. The maximum Gasteiger partial charge on any atom is 0.122 e. The molecule has 5 heteroatoms. The van der Waals surface area contributed by atoms with Crippen molar-refractivity contribution in [3.8, 4) is 0 Å². The van der Waals surface area contributed by atoms with E-state index in [1.54, 1.807) is 0 Å². The molecular formula is C20H29N5. The average molecular weight is 339 g/mol. The predicted molar refractivity (Wildman–Crippen MR) is 99.0 cm³/mol. The molecule has 1 atom stereocenters. The minimum atomic E-state index is 0.466. The van der Waals surface area contributed by atoms with Gasteiger partial charge in [0.05, 0.1) is 12.2 Å². The third kappa shape index (κ3) is 3.77. The molecule has 5 nitrogen and oxygen atoms in total. The number of hydrogen-bond acceptors (Lipinski definition) is 4. The maximum absolute atomic E-state index is 4.69. The largest absolute Gasteiger partial charge is 0.337 e. The molecule has 0 saturated carbocycles. The molecular weight excluding hydrogens is 310 g/mol. The second kappa shape index (κ2) is 6.89. The predicted octanol–water partition coefficient (Wildman–Crippen LogP) is 2.61. The zero-order valence-corrected chi connectivity index (χ0v) is 15.5. The Hall–Kier alpha value is -1.72. The van der Waals surface area contributed by atoms with Crippen LogP contribution in [0, 0.1) is 12.3 Å². The van der Waals surface area contributed by atoms with Gasteiger partial charge in [-0.25, -0.2) is 4.98 Å². The summed E-state index contributed by atoms with van der Waals surface area (Å²) in [5.74, 6) is 1.17. The van der Waals surface area contributed by atoms with Crippen molar-refractivity contribution in [3.63, 3.8) is 0 Å². The second-order valence-corrected chi connectivity index (χ2v) is 8.00. The lowest BCUT2D eigenvalue weighted by molar-refractivity contribution is 0.0853. The van der Waals surface area contributed by atoms with E-state index in [9.17, 15) is 0 Å². The monoisotopic (exact) mass is 339 g/mol. The molecule has 2 fully saturated rings. The normalized spacial score (nSPS) is 25.0. The van der Waals surface area contributed by atoms with Gasteiger partial charge in [-0.15, -0.1) is 0 Å². The van der Waals surface area contributed by atoms with Gasteiger partial charge >= 0.3 is 0 Å². The molecule has 2 aromatic rings. The van der Waals surface area contributed by atoms with Crippen LogP contribution < -0.4 is 0 Å². The van der Waals surface area contributed by atoms with Gasteiger partial charge in [-0.1, -0.05) is 6.07 Å². The van der Waals surface area contributed by atoms with Crippen LogP contribution in [0.3, 0.4) is 0 Å². The van der Waals surface area contributed by atoms with Crippen molar-refractivity contribution in [1.29, 1.82) is 0 Å². The zero-order chi connectivity index (χ0) is 17.3. The Balaban J connectivity index is 1.38. The SMILES string of the molecule is Cc1cccc(CN2CCC[C@@]3(CCN(Cc4nccn4C)C3)C2)n1. The van der Waals surface area contributed by atoms with Crippen molar-refractivity contribution in [1.82, 2.24) is 24.3 Å². The van der Waals surface area contributed by atoms with Gasteiger partial charge < -0.3 is 4.57 Å². The summed E-state index contributed by atoms with van der Waals surface area (Å²) in [6, 6.07) is 6.37. The molecule has 2 aliphatic heterocycles. The van der Waals surface area contributed by atoms with Crippen LogP contribution >= 0.6 is 0 Å². The lowest BCUT2D eigenvalue weighted by atomic mass is 9.79. The molecule has 1 spiro atoms. The molecule has 4 rings (SSSR count). The standard InChI is InChI=1S/C20H29N5/c1-17-5-3-6-18(22-17)13-24-10-4-7-20(15-24)8-11-25(16-20)14-19-21-9-12-23(19)2/h3,5-6,9,12H,4,7-8,10-11,13-16H2,1-2H3/t20-/m1/s1. The molecule has 2 saturated heterocycles. The topological polar surface area (TPSA) is 37.2 Å². The van der Waals surface area contributed by atoms with Gasteiger partial charge in [0.2, 0.25) is 0 Å². The number of nitrogens with zero attached hydrogens (tertiary/aromatic N) is 5. The minimum Gasteiger partial charge on any atom is -0.337 e. The molecule has 134 valence electrons. The van der Waals surface area contributed by atoms with E-state index >= 15 is 0 Å². The highest BCUT2D eigenvalue weighted by Crippen LogP contribution is 2.39. The smallest absolute Gasteiger partial charge is 0.122 e. The Bertz CT molecular complexity index is 724.